The van der Waals surface area contributed by atoms with E-state index < -0.39 is 0 Å². The van der Waals surface area contributed by atoms with E-state index in [9.17, 15) is 9.59 Å². The summed E-state index contributed by atoms with van der Waals surface area (Å²) in [6, 6.07) is 12.2. The minimum absolute atomic E-state index is 0.0636. The lowest BCUT2D eigenvalue weighted by atomic mass is 9.85. The largest absolute Gasteiger partial charge is 0.342 e. The second-order valence-corrected chi connectivity index (χ2v) is 7.83. The maximum Gasteiger partial charge on any atom is 0.254 e. The second kappa shape index (κ2) is 6.64. The highest BCUT2D eigenvalue weighted by molar-refractivity contribution is 7.08. The summed E-state index contributed by atoms with van der Waals surface area (Å²) in [4.78, 5) is 29.4. The van der Waals surface area contributed by atoms with Crippen LogP contribution in [-0.4, -0.2) is 47.8 Å². The van der Waals surface area contributed by atoms with Crippen molar-refractivity contribution in [3.63, 3.8) is 0 Å². The van der Waals surface area contributed by atoms with E-state index in [4.69, 9.17) is 0 Å². The molecular formula is C20H22N2O2S. The summed E-state index contributed by atoms with van der Waals surface area (Å²) in [6.45, 7) is 2.84. The summed E-state index contributed by atoms with van der Waals surface area (Å²) in [5, 5.41) is 3.81. The molecule has 1 spiro atoms. The van der Waals surface area contributed by atoms with Crippen LogP contribution in [0.2, 0.25) is 0 Å². The molecule has 2 aliphatic rings. The van der Waals surface area contributed by atoms with Crippen LogP contribution in [0.3, 0.4) is 0 Å². The summed E-state index contributed by atoms with van der Waals surface area (Å²) in [7, 11) is 0. The topological polar surface area (TPSA) is 40.6 Å². The monoisotopic (exact) mass is 354 g/mol. The summed E-state index contributed by atoms with van der Waals surface area (Å²) >= 11 is 1.53. The Morgan fingerprint density at radius 3 is 2.68 bits per heavy atom. The van der Waals surface area contributed by atoms with Gasteiger partial charge in [-0.1, -0.05) is 30.3 Å². The summed E-state index contributed by atoms with van der Waals surface area (Å²) < 4.78 is 0. The van der Waals surface area contributed by atoms with Gasteiger partial charge in [-0.25, -0.2) is 0 Å². The maximum absolute atomic E-state index is 13.0. The molecule has 1 atom stereocenters. The van der Waals surface area contributed by atoms with Crippen LogP contribution in [0.15, 0.2) is 47.2 Å². The third-order valence-corrected chi connectivity index (χ3v) is 6.21. The van der Waals surface area contributed by atoms with Gasteiger partial charge in [0, 0.05) is 31.6 Å². The quantitative estimate of drug-likeness (QED) is 0.847. The molecule has 130 valence electrons. The zero-order valence-corrected chi connectivity index (χ0v) is 15.0. The number of thiophene rings is 1. The Labute approximate surface area is 152 Å². The number of carbonyl (C=O) groups is 2. The van der Waals surface area contributed by atoms with Crippen molar-refractivity contribution in [2.24, 2.45) is 5.41 Å². The van der Waals surface area contributed by atoms with E-state index in [1.807, 2.05) is 44.8 Å². The lowest BCUT2D eigenvalue weighted by Crippen LogP contribution is -2.38. The van der Waals surface area contributed by atoms with Crippen molar-refractivity contribution in [1.82, 2.24) is 9.80 Å². The Balaban J connectivity index is 1.39. The van der Waals surface area contributed by atoms with E-state index in [2.05, 4.69) is 12.1 Å². The van der Waals surface area contributed by atoms with Crippen LogP contribution in [0.5, 0.6) is 0 Å². The van der Waals surface area contributed by atoms with Gasteiger partial charge in [0.05, 0.1) is 11.0 Å². The van der Waals surface area contributed by atoms with Crippen LogP contribution in [-0.2, 0) is 11.2 Å². The summed E-state index contributed by atoms with van der Waals surface area (Å²) in [5.41, 5.74) is 1.66. The van der Waals surface area contributed by atoms with Crippen molar-refractivity contribution in [2.45, 2.75) is 19.3 Å². The number of carbonyl (C=O) groups excluding carboxylic acids is 2. The van der Waals surface area contributed by atoms with Crippen LogP contribution in [0, 0.1) is 5.41 Å². The Bertz CT molecular complexity index is 759. The number of nitrogens with zero attached hydrogens (tertiary/aromatic N) is 2. The molecule has 4 nitrogen and oxygen atoms in total. The first-order chi connectivity index (χ1) is 12.2. The van der Waals surface area contributed by atoms with Crippen LogP contribution in [0.1, 0.15) is 28.8 Å². The normalized spacial score (nSPS) is 23.0. The van der Waals surface area contributed by atoms with Crippen LogP contribution < -0.4 is 0 Å². The maximum atomic E-state index is 13.0. The molecule has 0 saturated carbocycles. The number of hydrogen-bond acceptors (Lipinski definition) is 3. The first-order valence-electron chi connectivity index (χ1n) is 8.83. The SMILES string of the molecule is O=C(c1ccsc1)N1CCC2(CCN(CCc3ccccc3)C2=O)C1. The molecule has 25 heavy (non-hydrogen) atoms. The van der Waals surface area contributed by atoms with Gasteiger partial charge in [-0.2, -0.15) is 11.3 Å². The molecule has 1 aromatic carbocycles. The fraction of sp³-hybridized carbons (Fsp3) is 0.400. The highest BCUT2D eigenvalue weighted by Crippen LogP contribution is 2.41. The molecule has 0 aliphatic carbocycles. The summed E-state index contributed by atoms with van der Waals surface area (Å²) in [6.07, 6.45) is 2.55. The van der Waals surface area contributed by atoms with Gasteiger partial charge in [-0.05, 0) is 36.3 Å². The molecule has 2 saturated heterocycles. The molecule has 2 aromatic rings. The molecule has 2 fully saturated rings. The Kier molecular flexibility index (Phi) is 4.34. The van der Waals surface area contributed by atoms with E-state index in [-0.39, 0.29) is 17.2 Å². The standard InChI is InChI=1S/C20H22N2O2S/c23-18(17-7-13-25-14-17)22-12-9-20(15-22)8-11-21(19(20)24)10-6-16-4-2-1-3-5-16/h1-5,7,13-14H,6,8-12,15H2. The lowest BCUT2D eigenvalue weighted by molar-refractivity contribution is -0.135. The van der Waals surface area contributed by atoms with E-state index in [1.165, 1.54) is 16.9 Å². The van der Waals surface area contributed by atoms with Gasteiger partial charge >= 0.3 is 0 Å². The van der Waals surface area contributed by atoms with Crippen molar-refractivity contribution in [2.75, 3.05) is 26.2 Å². The third-order valence-electron chi connectivity index (χ3n) is 5.52. The molecule has 0 radical (unpaired) electrons. The van der Waals surface area contributed by atoms with E-state index in [0.29, 0.717) is 13.1 Å². The molecule has 2 amide bonds. The Hall–Kier alpha value is -2.14. The zero-order chi connectivity index (χ0) is 17.3. The van der Waals surface area contributed by atoms with Gasteiger partial charge < -0.3 is 9.80 Å². The van der Waals surface area contributed by atoms with Crippen LogP contribution in [0.25, 0.3) is 0 Å². The Morgan fingerprint density at radius 1 is 1.12 bits per heavy atom. The molecular weight excluding hydrogens is 332 g/mol. The first-order valence-corrected chi connectivity index (χ1v) is 9.77. The van der Waals surface area contributed by atoms with Crippen LogP contribution in [0.4, 0.5) is 0 Å². The van der Waals surface area contributed by atoms with E-state index >= 15 is 0 Å². The van der Waals surface area contributed by atoms with Crippen molar-refractivity contribution in [3.05, 3.63) is 58.3 Å². The highest BCUT2D eigenvalue weighted by atomic mass is 32.1. The molecule has 2 aliphatic heterocycles. The average molecular weight is 354 g/mol. The molecule has 4 rings (SSSR count). The molecule has 5 heteroatoms. The number of likely N-dealkylation sites (tertiary alicyclic amines) is 2. The van der Waals surface area contributed by atoms with Gasteiger partial charge in [0.2, 0.25) is 5.91 Å². The van der Waals surface area contributed by atoms with Crippen LogP contribution >= 0.6 is 11.3 Å². The Morgan fingerprint density at radius 2 is 1.92 bits per heavy atom. The van der Waals surface area contributed by atoms with Gasteiger partial charge in [-0.3, -0.25) is 9.59 Å². The van der Waals surface area contributed by atoms with Gasteiger partial charge in [0.1, 0.15) is 0 Å². The zero-order valence-electron chi connectivity index (χ0n) is 14.2. The number of rotatable bonds is 4. The fourth-order valence-electron chi connectivity index (χ4n) is 4.01. The predicted octanol–water partition coefficient (Wildman–Crippen LogP) is 3.06. The smallest absolute Gasteiger partial charge is 0.254 e. The molecule has 1 unspecified atom stereocenters. The first kappa shape index (κ1) is 16.3. The van der Waals surface area contributed by atoms with Gasteiger partial charge in [0.25, 0.3) is 5.91 Å². The molecule has 0 bridgehead atoms. The number of amides is 2. The van der Waals surface area contributed by atoms with Crippen molar-refractivity contribution in [1.29, 1.82) is 0 Å². The third kappa shape index (κ3) is 3.09. The minimum atomic E-state index is -0.345. The fourth-order valence-corrected chi connectivity index (χ4v) is 4.64. The lowest BCUT2D eigenvalue weighted by Gasteiger charge is -2.23. The van der Waals surface area contributed by atoms with Crippen molar-refractivity contribution < 1.29 is 9.59 Å². The summed E-state index contributed by atoms with van der Waals surface area (Å²) in [5.74, 6) is 0.303. The van der Waals surface area contributed by atoms with Gasteiger partial charge in [-0.15, -0.1) is 0 Å². The highest BCUT2D eigenvalue weighted by Gasteiger charge is 2.51. The van der Waals surface area contributed by atoms with E-state index in [1.54, 1.807) is 0 Å². The van der Waals surface area contributed by atoms with Crippen molar-refractivity contribution in [3.8, 4) is 0 Å². The predicted molar refractivity (Wildman–Crippen MR) is 98.6 cm³/mol. The molecule has 3 heterocycles. The van der Waals surface area contributed by atoms with E-state index in [0.717, 1.165) is 37.9 Å². The second-order valence-electron chi connectivity index (χ2n) is 7.05. The average Bonchev–Trinajstić information content (AvgIpc) is 3.38. The molecule has 1 aromatic heterocycles. The molecule has 0 N–H and O–H groups in total. The van der Waals surface area contributed by atoms with Gasteiger partial charge in [0.15, 0.2) is 0 Å². The number of hydrogen-bond donors (Lipinski definition) is 0. The van der Waals surface area contributed by atoms with Crippen molar-refractivity contribution >= 4 is 23.2 Å². The number of benzene rings is 1. The minimum Gasteiger partial charge on any atom is -0.342 e.